The van der Waals surface area contributed by atoms with Crippen LogP contribution in [0.4, 0.5) is 23.0 Å². The number of fused-ring (bicyclic) bond motifs is 1. The molecule has 35 heavy (non-hydrogen) atoms. The highest BCUT2D eigenvalue weighted by Crippen LogP contribution is 2.34. The Kier molecular flexibility index (Phi) is 6.10. The summed E-state index contributed by atoms with van der Waals surface area (Å²) in [6.45, 7) is 2.89. The lowest BCUT2D eigenvalue weighted by Crippen LogP contribution is -2.36. The van der Waals surface area contributed by atoms with Gasteiger partial charge < -0.3 is 29.9 Å². The number of carboxylic acid groups (broad SMARTS) is 1. The van der Waals surface area contributed by atoms with Gasteiger partial charge in [0.2, 0.25) is 0 Å². The molecule has 3 N–H and O–H groups in total. The summed E-state index contributed by atoms with van der Waals surface area (Å²) in [5, 5.41) is 16.4. The number of aromatic carboxylic acids is 1. The van der Waals surface area contributed by atoms with E-state index in [0.717, 1.165) is 24.3 Å². The fraction of sp³-hybridized carbons (Fsp3) is 0.261. The molecule has 4 heterocycles. The van der Waals surface area contributed by atoms with Gasteiger partial charge in [-0.15, -0.1) is 0 Å². The molecular formula is C23H23ClN8O3. The zero-order valence-electron chi connectivity index (χ0n) is 19.1. The maximum atomic E-state index is 12.2. The molecule has 0 spiro atoms. The largest absolute Gasteiger partial charge is 0.476 e. The molecule has 11 nitrogen and oxygen atoms in total. The number of nitrogens with zero attached hydrogens (tertiary/aromatic N) is 6. The first-order chi connectivity index (χ1) is 17.0. The minimum Gasteiger partial charge on any atom is -0.476 e. The van der Waals surface area contributed by atoms with Gasteiger partial charge in [-0.1, -0.05) is 11.6 Å². The number of pyridine rings is 1. The lowest BCUT2D eigenvalue weighted by Gasteiger charge is -2.29. The van der Waals surface area contributed by atoms with E-state index in [9.17, 15) is 9.90 Å². The molecule has 1 aromatic carbocycles. The number of imidazole rings is 1. The summed E-state index contributed by atoms with van der Waals surface area (Å²) >= 11 is 6.55. The van der Waals surface area contributed by atoms with Crippen LogP contribution >= 0.6 is 11.6 Å². The third kappa shape index (κ3) is 4.31. The summed E-state index contributed by atoms with van der Waals surface area (Å²) in [6, 6.07) is 5.56. The minimum absolute atomic E-state index is 0.0628. The van der Waals surface area contributed by atoms with E-state index in [2.05, 4.69) is 35.5 Å². The number of benzene rings is 1. The number of aromatic nitrogens is 5. The lowest BCUT2D eigenvalue weighted by atomic mass is 10.1. The van der Waals surface area contributed by atoms with Gasteiger partial charge in [0.1, 0.15) is 11.2 Å². The molecule has 0 bridgehead atoms. The molecule has 0 amide bonds. The Bertz CT molecular complexity index is 1420. The number of halogens is 1. The van der Waals surface area contributed by atoms with Crippen LogP contribution in [0.2, 0.25) is 5.02 Å². The molecular weight excluding hydrogens is 472 g/mol. The molecule has 3 aromatic heterocycles. The fourth-order valence-electron chi connectivity index (χ4n) is 4.00. The van der Waals surface area contributed by atoms with Crippen LogP contribution in [0.1, 0.15) is 10.5 Å². The second kappa shape index (κ2) is 9.35. The van der Waals surface area contributed by atoms with Gasteiger partial charge in [-0.25, -0.2) is 19.7 Å². The smallest absolute Gasteiger partial charge is 0.358 e. The Morgan fingerprint density at radius 1 is 1.17 bits per heavy atom. The molecule has 0 atom stereocenters. The van der Waals surface area contributed by atoms with Crippen molar-refractivity contribution in [3.8, 4) is 11.3 Å². The van der Waals surface area contributed by atoms with Crippen LogP contribution in [0.5, 0.6) is 0 Å². The van der Waals surface area contributed by atoms with E-state index in [1.807, 2.05) is 23.7 Å². The molecule has 180 valence electrons. The van der Waals surface area contributed by atoms with Crippen LogP contribution in [0.15, 0.2) is 36.9 Å². The van der Waals surface area contributed by atoms with Crippen molar-refractivity contribution in [2.24, 2.45) is 7.05 Å². The molecule has 5 rings (SSSR count). The number of rotatable bonds is 6. The molecule has 0 saturated carbocycles. The van der Waals surface area contributed by atoms with Crippen LogP contribution in [-0.4, -0.2) is 68.9 Å². The standard InChI is InChI=1S/C23H23ClN8O3/c1-25-21-19(14-10-26-11-17-18(14)27-12-31(17)2)29-20(23(33)34)22(30-21)28-16-4-3-13(9-15(16)24)32-5-7-35-8-6-32/h3-4,9-12H,5-8H2,1-2H3,(H,33,34)(H2,25,28,30). The number of carboxylic acids is 1. The first kappa shape index (κ1) is 22.8. The highest BCUT2D eigenvalue weighted by atomic mass is 35.5. The Morgan fingerprint density at radius 2 is 1.97 bits per heavy atom. The van der Waals surface area contributed by atoms with Crippen LogP contribution in [0.3, 0.4) is 0 Å². The molecule has 1 saturated heterocycles. The molecule has 1 aliphatic rings. The van der Waals surface area contributed by atoms with E-state index >= 15 is 0 Å². The Labute approximate surface area is 205 Å². The van der Waals surface area contributed by atoms with Gasteiger partial charge in [-0.05, 0) is 18.2 Å². The van der Waals surface area contributed by atoms with Gasteiger partial charge in [0.25, 0.3) is 0 Å². The van der Waals surface area contributed by atoms with E-state index in [1.165, 1.54) is 0 Å². The summed E-state index contributed by atoms with van der Waals surface area (Å²) in [5.74, 6) is -0.794. The summed E-state index contributed by atoms with van der Waals surface area (Å²) in [5.41, 5.74) is 3.58. The zero-order chi connectivity index (χ0) is 24.5. The van der Waals surface area contributed by atoms with E-state index < -0.39 is 5.97 Å². The SMILES string of the molecule is CNc1nc(Nc2ccc(N3CCOCC3)cc2Cl)c(C(=O)O)nc1-c1cncc2c1ncn2C. The first-order valence-electron chi connectivity index (χ1n) is 10.9. The number of anilines is 4. The number of aryl methyl sites for hydroxylation is 1. The third-order valence-corrected chi connectivity index (χ3v) is 6.12. The summed E-state index contributed by atoms with van der Waals surface area (Å²) in [4.78, 5) is 32.0. The van der Waals surface area contributed by atoms with Crippen molar-refractivity contribution < 1.29 is 14.6 Å². The van der Waals surface area contributed by atoms with Crippen molar-refractivity contribution in [3.05, 3.63) is 47.6 Å². The van der Waals surface area contributed by atoms with Crippen molar-refractivity contribution in [3.63, 3.8) is 0 Å². The van der Waals surface area contributed by atoms with Crippen molar-refractivity contribution in [1.82, 2.24) is 24.5 Å². The highest BCUT2D eigenvalue weighted by molar-refractivity contribution is 6.33. The molecule has 0 aliphatic carbocycles. The minimum atomic E-state index is -1.23. The second-order valence-corrected chi connectivity index (χ2v) is 8.38. The quantitative estimate of drug-likeness (QED) is 0.366. The number of hydrogen-bond acceptors (Lipinski definition) is 9. The first-order valence-corrected chi connectivity index (χ1v) is 11.3. The maximum Gasteiger partial charge on any atom is 0.358 e. The van der Waals surface area contributed by atoms with Gasteiger partial charge in [0.15, 0.2) is 17.3 Å². The normalized spacial score (nSPS) is 13.7. The van der Waals surface area contributed by atoms with E-state index in [-0.39, 0.29) is 11.5 Å². The number of nitrogens with one attached hydrogen (secondary N) is 2. The Hall–Kier alpha value is -3.96. The predicted molar refractivity (Wildman–Crippen MR) is 134 cm³/mol. The van der Waals surface area contributed by atoms with Crippen molar-refractivity contribution in [1.29, 1.82) is 0 Å². The van der Waals surface area contributed by atoms with Crippen LogP contribution < -0.4 is 15.5 Å². The zero-order valence-corrected chi connectivity index (χ0v) is 19.9. The average molecular weight is 495 g/mol. The molecule has 4 aromatic rings. The summed E-state index contributed by atoms with van der Waals surface area (Å²) in [7, 11) is 3.54. The lowest BCUT2D eigenvalue weighted by molar-refractivity contribution is 0.0691. The van der Waals surface area contributed by atoms with Gasteiger partial charge in [0, 0.05) is 39.1 Å². The molecule has 0 radical (unpaired) electrons. The molecule has 1 fully saturated rings. The Balaban J connectivity index is 1.54. The fourth-order valence-corrected chi connectivity index (χ4v) is 4.22. The highest BCUT2D eigenvalue weighted by Gasteiger charge is 2.23. The molecule has 1 aliphatic heterocycles. The van der Waals surface area contributed by atoms with Crippen molar-refractivity contribution in [2.45, 2.75) is 0 Å². The topological polar surface area (TPSA) is 130 Å². The van der Waals surface area contributed by atoms with Gasteiger partial charge in [-0.2, -0.15) is 0 Å². The van der Waals surface area contributed by atoms with E-state index in [1.54, 1.807) is 31.8 Å². The summed E-state index contributed by atoms with van der Waals surface area (Å²) in [6.07, 6.45) is 4.95. The van der Waals surface area contributed by atoms with Gasteiger partial charge in [-0.3, -0.25) is 4.98 Å². The predicted octanol–water partition coefficient (Wildman–Crippen LogP) is 3.40. The van der Waals surface area contributed by atoms with Crippen LogP contribution in [0.25, 0.3) is 22.3 Å². The third-order valence-electron chi connectivity index (χ3n) is 5.81. The number of morpholine rings is 1. The van der Waals surface area contributed by atoms with Crippen LogP contribution in [0, 0.1) is 0 Å². The number of hydrogen-bond donors (Lipinski definition) is 3. The van der Waals surface area contributed by atoms with Gasteiger partial charge in [0.05, 0.1) is 47.5 Å². The summed E-state index contributed by atoms with van der Waals surface area (Å²) < 4.78 is 7.23. The average Bonchev–Trinajstić information content (AvgIpc) is 3.26. The van der Waals surface area contributed by atoms with E-state index in [0.29, 0.717) is 46.5 Å². The Morgan fingerprint density at radius 3 is 2.69 bits per heavy atom. The second-order valence-electron chi connectivity index (χ2n) is 7.97. The molecule has 12 heteroatoms. The van der Waals surface area contributed by atoms with Crippen LogP contribution in [-0.2, 0) is 11.8 Å². The van der Waals surface area contributed by atoms with Crippen molar-refractivity contribution in [2.75, 3.05) is 48.9 Å². The molecule has 0 unspecified atom stereocenters. The maximum absolute atomic E-state index is 12.2. The number of ether oxygens (including phenoxy) is 1. The van der Waals surface area contributed by atoms with Gasteiger partial charge >= 0.3 is 5.97 Å². The monoisotopic (exact) mass is 494 g/mol. The van der Waals surface area contributed by atoms with E-state index in [4.69, 9.17) is 16.3 Å². The number of carbonyl (C=O) groups is 1. The van der Waals surface area contributed by atoms with Crippen molar-refractivity contribution >= 4 is 51.6 Å².